The molecule has 0 bridgehead atoms. The van der Waals surface area contributed by atoms with Crippen LogP contribution in [0.5, 0.6) is 5.75 Å². The molecule has 0 fully saturated rings. The summed E-state index contributed by atoms with van der Waals surface area (Å²) in [5, 5.41) is 27.3. The molecule has 13 heteroatoms. The number of aromatic nitrogens is 3. The van der Waals surface area contributed by atoms with Crippen LogP contribution in [0.2, 0.25) is 0 Å². The molecule has 2 N–H and O–H groups in total. The Morgan fingerprint density at radius 1 is 0.971 bits per heavy atom. The molecule has 0 saturated heterocycles. The smallest absolute Gasteiger partial charge is 0.291 e. The molecule has 0 aliphatic carbocycles. The minimum absolute atomic E-state index is 0.858. The standard InChI is InChI=1S/C22H26N4O.2HNO3/c1-4-24(5-2)14-15-25-20-8-6-7-9-21(20)26-16-19(23-22(25)26)17-10-12-18(27-3)13-11-17;2*2-1(3)4/h6-13,16H,4-5,14-15H2,1-3H3;2*(H,2,3,4). The molecule has 13 nitrogen and oxygen atoms in total. The van der Waals surface area contributed by atoms with Gasteiger partial charge in [0, 0.05) is 24.8 Å². The van der Waals surface area contributed by atoms with E-state index in [1.54, 1.807) is 7.11 Å². The van der Waals surface area contributed by atoms with Gasteiger partial charge in [-0.3, -0.25) is 4.40 Å². The minimum Gasteiger partial charge on any atom is -0.497 e. The Kier molecular flexibility index (Phi) is 9.78. The Bertz CT molecular complexity index is 1230. The van der Waals surface area contributed by atoms with Crippen molar-refractivity contribution < 1.29 is 25.3 Å². The summed E-state index contributed by atoms with van der Waals surface area (Å²) in [5.41, 5.74) is 4.50. The Balaban J connectivity index is 0.000000473. The molecule has 0 saturated carbocycles. The summed E-state index contributed by atoms with van der Waals surface area (Å²) in [5.74, 6) is 1.85. The molecule has 0 aliphatic rings. The minimum atomic E-state index is -1.50. The van der Waals surface area contributed by atoms with Gasteiger partial charge in [-0.1, -0.05) is 26.0 Å². The Morgan fingerprint density at radius 2 is 1.51 bits per heavy atom. The number of likely N-dealkylation sites (N-methyl/N-ethyl adjacent to an activating group) is 1. The number of fused-ring (bicyclic) bond motifs is 3. The highest BCUT2D eigenvalue weighted by atomic mass is 16.9. The van der Waals surface area contributed by atoms with Crippen LogP contribution >= 0.6 is 0 Å². The number of nitrogens with zero attached hydrogens (tertiary/aromatic N) is 6. The Hall–Kier alpha value is -4.39. The van der Waals surface area contributed by atoms with Crippen molar-refractivity contribution in [3.63, 3.8) is 0 Å². The van der Waals surface area contributed by atoms with Gasteiger partial charge in [0.05, 0.1) is 23.8 Å². The summed E-state index contributed by atoms with van der Waals surface area (Å²) < 4.78 is 9.81. The number of hydrogen-bond acceptors (Lipinski definition) is 7. The average molecular weight is 489 g/mol. The van der Waals surface area contributed by atoms with E-state index in [2.05, 4.69) is 70.3 Å². The van der Waals surface area contributed by atoms with Crippen molar-refractivity contribution in [3.05, 3.63) is 75.0 Å². The molecule has 0 spiro atoms. The highest BCUT2D eigenvalue weighted by Gasteiger charge is 2.15. The van der Waals surface area contributed by atoms with E-state index >= 15 is 0 Å². The largest absolute Gasteiger partial charge is 0.497 e. The molecule has 4 aromatic rings. The molecule has 35 heavy (non-hydrogen) atoms. The molecule has 0 aliphatic heterocycles. The second-order valence-corrected chi connectivity index (χ2v) is 7.17. The normalized spacial score (nSPS) is 10.4. The van der Waals surface area contributed by atoms with E-state index in [0.29, 0.717) is 0 Å². The molecule has 2 heterocycles. The number of methoxy groups -OCH3 is 1. The van der Waals surface area contributed by atoms with Gasteiger partial charge in [-0.2, -0.15) is 0 Å². The van der Waals surface area contributed by atoms with Gasteiger partial charge < -0.3 is 24.6 Å². The van der Waals surface area contributed by atoms with E-state index in [9.17, 15) is 0 Å². The molecule has 0 amide bonds. The summed E-state index contributed by atoms with van der Waals surface area (Å²) >= 11 is 0. The first-order chi connectivity index (χ1) is 16.7. The van der Waals surface area contributed by atoms with Gasteiger partial charge in [-0.05, 0) is 49.5 Å². The van der Waals surface area contributed by atoms with Crippen LogP contribution in [0.4, 0.5) is 0 Å². The predicted octanol–water partition coefficient (Wildman–Crippen LogP) is 3.61. The first kappa shape index (κ1) is 26.9. The lowest BCUT2D eigenvalue weighted by Gasteiger charge is -2.18. The van der Waals surface area contributed by atoms with Crippen LogP contribution in [-0.2, 0) is 6.54 Å². The fourth-order valence-electron chi connectivity index (χ4n) is 3.64. The second kappa shape index (κ2) is 12.7. The van der Waals surface area contributed by atoms with Crippen molar-refractivity contribution in [2.75, 3.05) is 26.7 Å². The van der Waals surface area contributed by atoms with E-state index in [1.807, 2.05) is 12.1 Å². The van der Waals surface area contributed by atoms with Gasteiger partial charge >= 0.3 is 0 Å². The van der Waals surface area contributed by atoms with Gasteiger partial charge in [0.15, 0.2) is 0 Å². The lowest BCUT2D eigenvalue weighted by atomic mass is 10.2. The molecule has 0 radical (unpaired) electrons. The van der Waals surface area contributed by atoms with E-state index < -0.39 is 10.2 Å². The SMILES string of the molecule is CCN(CC)CCn1c2ccccc2n2cc(-c3ccc(OC)cc3)nc12.O=[N+]([O-])O.O=[N+]([O-])O. The summed E-state index contributed by atoms with van der Waals surface area (Å²) in [6.07, 6.45) is 2.13. The van der Waals surface area contributed by atoms with Gasteiger partial charge in [-0.25, -0.2) is 4.98 Å². The van der Waals surface area contributed by atoms with Crippen molar-refractivity contribution in [2.45, 2.75) is 20.4 Å². The fraction of sp³-hybridized carbons (Fsp3) is 0.318. The number of benzene rings is 2. The van der Waals surface area contributed by atoms with Crippen LogP contribution in [0.25, 0.3) is 28.1 Å². The molecule has 0 atom stereocenters. The van der Waals surface area contributed by atoms with Crippen LogP contribution in [-0.4, -0.2) is 66.2 Å². The van der Waals surface area contributed by atoms with Gasteiger partial charge in [0.25, 0.3) is 10.2 Å². The molecular formula is C22H28N6O7. The number of rotatable bonds is 7. The highest BCUT2D eigenvalue weighted by Crippen LogP contribution is 2.26. The fourth-order valence-corrected chi connectivity index (χ4v) is 3.64. The first-order valence-corrected chi connectivity index (χ1v) is 10.7. The van der Waals surface area contributed by atoms with Crippen LogP contribution in [0.15, 0.2) is 54.7 Å². The van der Waals surface area contributed by atoms with Crippen LogP contribution in [0, 0.1) is 20.2 Å². The zero-order chi connectivity index (χ0) is 26.0. The highest BCUT2D eigenvalue weighted by molar-refractivity contribution is 5.82. The number of para-hydroxylation sites is 2. The van der Waals surface area contributed by atoms with E-state index in [4.69, 9.17) is 40.4 Å². The van der Waals surface area contributed by atoms with Gasteiger partial charge in [0.2, 0.25) is 5.78 Å². The molecular weight excluding hydrogens is 460 g/mol. The van der Waals surface area contributed by atoms with Crippen molar-refractivity contribution >= 4 is 16.8 Å². The lowest BCUT2D eigenvalue weighted by molar-refractivity contribution is -0.742. The quantitative estimate of drug-likeness (QED) is 0.292. The molecule has 4 rings (SSSR count). The third-order valence-electron chi connectivity index (χ3n) is 5.28. The van der Waals surface area contributed by atoms with Crippen molar-refractivity contribution in [2.24, 2.45) is 0 Å². The van der Waals surface area contributed by atoms with Gasteiger partial charge in [-0.15, -0.1) is 20.2 Å². The molecule has 2 aromatic heterocycles. The van der Waals surface area contributed by atoms with Crippen LogP contribution < -0.4 is 4.74 Å². The molecule has 0 unspecified atom stereocenters. The van der Waals surface area contributed by atoms with Crippen molar-refractivity contribution in [1.29, 1.82) is 0 Å². The Morgan fingerprint density at radius 3 is 2.03 bits per heavy atom. The topological polar surface area (TPSA) is 161 Å². The summed E-state index contributed by atoms with van der Waals surface area (Å²) in [6.45, 7) is 8.51. The lowest BCUT2D eigenvalue weighted by Crippen LogP contribution is -2.27. The number of hydrogen-bond donors (Lipinski definition) is 2. The van der Waals surface area contributed by atoms with Crippen molar-refractivity contribution in [3.8, 4) is 17.0 Å². The zero-order valence-corrected chi connectivity index (χ0v) is 19.6. The van der Waals surface area contributed by atoms with Crippen LogP contribution in [0.1, 0.15) is 13.8 Å². The third kappa shape index (κ3) is 7.30. The zero-order valence-electron chi connectivity index (χ0n) is 19.6. The van der Waals surface area contributed by atoms with E-state index in [-0.39, 0.29) is 0 Å². The average Bonchev–Trinajstić information content (AvgIpc) is 3.37. The van der Waals surface area contributed by atoms with E-state index in [0.717, 1.165) is 49.0 Å². The second-order valence-electron chi connectivity index (χ2n) is 7.17. The number of ether oxygens (including phenoxy) is 1. The maximum atomic E-state index is 8.36. The third-order valence-corrected chi connectivity index (χ3v) is 5.28. The van der Waals surface area contributed by atoms with Crippen LogP contribution in [0.3, 0.4) is 0 Å². The monoisotopic (exact) mass is 488 g/mol. The molecule has 188 valence electrons. The first-order valence-electron chi connectivity index (χ1n) is 10.7. The van der Waals surface area contributed by atoms with Gasteiger partial charge in [0.1, 0.15) is 5.75 Å². The summed E-state index contributed by atoms with van der Waals surface area (Å²) in [7, 11) is 1.69. The number of imidazole rings is 2. The molecule has 2 aromatic carbocycles. The maximum Gasteiger partial charge on any atom is 0.291 e. The maximum absolute atomic E-state index is 8.36. The van der Waals surface area contributed by atoms with E-state index in [1.165, 1.54) is 11.0 Å². The summed E-state index contributed by atoms with van der Waals surface area (Å²) in [4.78, 5) is 24.1. The van der Waals surface area contributed by atoms with Crippen molar-refractivity contribution in [1.82, 2.24) is 18.9 Å². The summed E-state index contributed by atoms with van der Waals surface area (Å²) in [6, 6.07) is 16.6. The Labute approximate surface area is 200 Å². The predicted molar refractivity (Wildman–Crippen MR) is 128 cm³/mol.